The SMILES string of the molecule is Nc1c(NCc2cc(CNC(=O)c3cc(C(=O)NCC45CCC(C(=O)O)(CC4)CC5)nc4n[nH]c(=O)n34)ccc2F)c(=O)c1=O. The molecule has 3 aliphatic carbocycles. The minimum absolute atomic E-state index is 0.0810. The molecule has 7 N–H and O–H groups in total. The van der Waals surface area contributed by atoms with E-state index < -0.39 is 45.6 Å². The first-order chi connectivity index (χ1) is 21.4. The molecule has 45 heavy (non-hydrogen) atoms. The predicted octanol–water partition coefficient (Wildman–Crippen LogP) is 0.432. The lowest BCUT2D eigenvalue weighted by Crippen LogP contribution is -2.50. The van der Waals surface area contributed by atoms with Gasteiger partial charge in [0.05, 0.1) is 5.41 Å². The highest BCUT2D eigenvalue weighted by atomic mass is 19.1. The number of fused-ring (bicyclic) bond motifs is 4. The highest BCUT2D eigenvalue weighted by Gasteiger charge is 2.52. The molecule has 7 rings (SSSR count). The van der Waals surface area contributed by atoms with Gasteiger partial charge in [0.2, 0.25) is 0 Å². The number of hydrogen-bond acceptors (Lipinski definition) is 10. The van der Waals surface area contributed by atoms with Gasteiger partial charge >= 0.3 is 11.7 Å². The van der Waals surface area contributed by atoms with Gasteiger partial charge in [-0.15, -0.1) is 5.10 Å². The van der Waals surface area contributed by atoms with E-state index in [2.05, 4.69) is 31.1 Å². The number of carbonyl (C=O) groups is 3. The van der Waals surface area contributed by atoms with Crippen LogP contribution in [0.4, 0.5) is 15.8 Å². The highest BCUT2D eigenvalue weighted by molar-refractivity contribution is 5.98. The molecule has 2 heterocycles. The van der Waals surface area contributed by atoms with Crippen LogP contribution >= 0.6 is 0 Å². The molecule has 0 radical (unpaired) electrons. The van der Waals surface area contributed by atoms with Gasteiger partial charge < -0.3 is 26.8 Å². The third-order valence-corrected chi connectivity index (χ3v) is 9.30. The lowest BCUT2D eigenvalue weighted by Gasteiger charge is -2.51. The van der Waals surface area contributed by atoms with Crippen molar-refractivity contribution in [3.63, 3.8) is 0 Å². The van der Waals surface area contributed by atoms with E-state index in [-0.39, 0.29) is 52.6 Å². The molecule has 2 aromatic heterocycles. The van der Waals surface area contributed by atoms with Gasteiger partial charge in [-0.2, -0.15) is 0 Å². The monoisotopic (exact) mass is 620 g/mol. The van der Waals surface area contributed by atoms with E-state index in [1.807, 2.05) is 0 Å². The van der Waals surface area contributed by atoms with Crippen molar-refractivity contribution >= 4 is 34.9 Å². The average molecular weight is 621 g/mol. The summed E-state index contributed by atoms with van der Waals surface area (Å²) < 4.78 is 15.3. The third-order valence-electron chi connectivity index (χ3n) is 9.30. The second-order valence-electron chi connectivity index (χ2n) is 11.9. The second-order valence-corrected chi connectivity index (χ2v) is 11.9. The Balaban J connectivity index is 1.14. The number of carboxylic acids is 1. The number of aromatic amines is 1. The standard InChI is InChI=1S/C29H29FN8O7/c30-16-2-1-14(9-15(16)12-32-20-19(31)21(39)22(20)40)11-33-24(42)18-10-17(35-26-36-37-27(45)38(18)26)23(41)34-13-28-3-6-29(7-4-28,8-5-28)25(43)44/h1-2,9-10,32H,3-8,11-13,31H2,(H,33,42)(H,34,41)(H,37,45)(H,43,44). The Morgan fingerprint density at radius 3 is 2.36 bits per heavy atom. The zero-order chi connectivity index (χ0) is 32.1. The number of nitrogens with one attached hydrogen (secondary N) is 4. The molecule has 3 fully saturated rings. The number of carbonyl (C=O) groups excluding carboxylic acids is 2. The maximum atomic E-state index is 14.4. The fraction of sp³-hybridized carbons (Fsp3) is 0.379. The molecule has 3 aliphatic rings. The number of halogens is 1. The number of nitrogens with two attached hydrogens (primary N) is 1. The molecule has 0 aliphatic heterocycles. The van der Waals surface area contributed by atoms with Crippen LogP contribution in [0.1, 0.15) is 70.6 Å². The normalized spacial score (nSPS) is 20.7. The fourth-order valence-electron chi connectivity index (χ4n) is 6.32. The van der Waals surface area contributed by atoms with Crippen molar-refractivity contribution in [2.24, 2.45) is 10.8 Å². The number of aliphatic carboxylic acids is 1. The van der Waals surface area contributed by atoms with Crippen molar-refractivity contribution in [3.05, 3.63) is 83.5 Å². The van der Waals surface area contributed by atoms with Gasteiger partial charge in [-0.1, -0.05) is 6.07 Å². The van der Waals surface area contributed by atoms with Gasteiger partial charge in [0.1, 0.15) is 28.6 Å². The molecule has 0 unspecified atom stereocenters. The maximum Gasteiger partial charge on any atom is 0.349 e. The minimum atomic E-state index is -0.802. The number of amides is 2. The summed E-state index contributed by atoms with van der Waals surface area (Å²) in [5.74, 6) is -2.85. The molecule has 234 valence electrons. The number of aromatic nitrogens is 4. The number of rotatable bonds is 10. The predicted molar refractivity (Wildman–Crippen MR) is 157 cm³/mol. The van der Waals surface area contributed by atoms with Gasteiger partial charge in [0.15, 0.2) is 0 Å². The maximum absolute atomic E-state index is 14.4. The van der Waals surface area contributed by atoms with Gasteiger partial charge in [-0.05, 0) is 67.7 Å². The van der Waals surface area contributed by atoms with Crippen molar-refractivity contribution in [1.82, 2.24) is 30.2 Å². The summed E-state index contributed by atoms with van der Waals surface area (Å²) in [4.78, 5) is 77.7. The molecule has 2 amide bonds. The number of H-pyrrole nitrogens is 1. The molecule has 0 saturated heterocycles. The number of anilines is 2. The van der Waals surface area contributed by atoms with Gasteiger partial charge in [0.25, 0.3) is 28.4 Å². The molecule has 0 spiro atoms. The van der Waals surface area contributed by atoms with Crippen LogP contribution in [0.15, 0.2) is 38.6 Å². The van der Waals surface area contributed by atoms with Crippen LogP contribution in [0.3, 0.4) is 0 Å². The molecule has 0 atom stereocenters. The third kappa shape index (κ3) is 5.21. The van der Waals surface area contributed by atoms with E-state index in [0.717, 1.165) is 4.40 Å². The van der Waals surface area contributed by atoms with Gasteiger partial charge in [0, 0.05) is 25.2 Å². The lowest BCUT2D eigenvalue weighted by atomic mass is 9.53. The van der Waals surface area contributed by atoms with Crippen LogP contribution in [0.5, 0.6) is 0 Å². The quantitative estimate of drug-likeness (QED) is 0.133. The number of nitrogens with zero attached hydrogens (tertiary/aromatic N) is 3. The van der Waals surface area contributed by atoms with E-state index in [4.69, 9.17) is 5.73 Å². The van der Waals surface area contributed by atoms with Crippen molar-refractivity contribution in [2.45, 2.75) is 51.6 Å². The molecular formula is C29H29FN8O7. The summed E-state index contributed by atoms with van der Waals surface area (Å²) >= 11 is 0. The van der Waals surface area contributed by atoms with E-state index in [9.17, 15) is 38.3 Å². The summed E-state index contributed by atoms with van der Waals surface area (Å²) in [6.07, 6.45) is 3.71. The van der Waals surface area contributed by atoms with Gasteiger partial charge in [-0.3, -0.25) is 24.0 Å². The van der Waals surface area contributed by atoms with E-state index in [1.165, 1.54) is 24.3 Å². The van der Waals surface area contributed by atoms with Crippen LogP contribution in [0.2, 0.25) is 0 Å². The summed E-state index contributed by atoms with van der Waals surface area (Å²) in [6, 6.07) is 5.24. The molecule has 3 saturated carbocycles. The van der Waals surface area contributed by atoms with Crippen molar-refractivity contribution in [1.29, 1.82) is 0 Å². The average Bonchev–Trinajstić information content (AvgIpc) is 3.44. The fourth-order valence-corrected chi connectivity index (χ4v) is 6.32. The largest absolute Gasteiger partial charge is 0.481 e. The van der Waals surface area contributed by atoms with Crippen molar-refractivity contribution in [3.8, 4) is 0 Å². The zero-order valence-corrected chi connectivity index (χ0v) is 23.9. The molecule has 2 aromatic carbocycles. The second kappa shape index (κ2) is 10.9. The van der Waals surface area contributed by atoms with E-state index in [0.29, 0.717) is 50.6 Å². The number of benzene rings is 1. The number of carboxylic acid groups (broad SMARTS) is 1. The molecule has 15 nitrogen and oxygen atoms in total. The summed E-state index contributed by atoms with van der Waals surface area (Å²) in [5, 5.41) is 23.8. The van der Waals surface area contributed by atoms with Crippen molar-refractivity contribution in [2.75, 3.05) is 17.6 Å². The highest BCUT2D eigenvalue weighted by Crippen LogP contribution is 2.56. The Labute approximate surface area is 252 Å². The van der Waals surface area contributed by atoms with Crippen LogP contribution < -0.4 is 38.2 Å². The number of nitrogen functional groups attached to an aromatic ring is 1. The topological polar surface area (TPSA) is 231 Å². The Morgan fingerprint density at radius 1 is 0.978 bits per heavy atom. The Bertz CT molecular complexity index is 1980. The molecule has 4 aromatic rings. The van der Waals surface area contributed by atoms with E-state index >= 15 is 0 Å². The van der Waals surface area contributed by atoms with Crippen LogP contribution in [-0.2, 0) is 17.9 Å². The Kier molecular flexibility index (Phi) is 7.21. The first kappa shape index (κ1) is 29.7. The Morgan fingerprint density at radius 2 is 1.69 bits per heavy atom. The first-order valence-corrected chi connectivity index (χ1v) is 14.3. The van der Waals surface area contributed by atoms with E-state index in [1.54, 1.807) is 0 Å². The van der Waals surface area contributed by atoms with Crippen LogP contribution in [0.25, 0.3) is 5.78 Å². The van der Waals surface area contributed by atoms with Crippen LogP contribution in [-0.4, -0.2) is 49.0 Å². The smallest absolute Gasteiger partial charge is 0.349 e. The lowest BCUT2D eigenvalue weighted by molar-refractivity contribution is -0.158. The zero-order valence-electron chi connectivity index (χ0n) is 23.9. The summed E-state index contributed by atoms with van der Waals surface area (Å²) in [7, 11) is 0. The number of hydrogen-bond donors (Lipinski definition) is 6. The van der Waals surface area contributed by atoms with Crippen LogP contribution in [0, 0.1) is 16.6 Å². The molecule has 2 bridgehead atoms. The molecule has 16 heteroatoms. The summed E-state index contributed by atoms with van der Waals surface area (Å²) in [6.45, 7) is 0.0876. The minimum Gasteiger partial charge on any atom is -0.481 e. The Hall–Kier alpha value is -5.41. The first-order valence-electron chi connectivity index (χ1n) is 14.3. The van der Waals surface area contributed by atoms with Gasteiger partial charge in [-0.25, -0.2) is 23.7 Å². The molecular weight excluding hydrogens is 591 g/mol. The van der Waals surface area contributed by atoms with Crippen molar-refractivity contribution < 1.29 is 23.9 Å². The summed E-state index contributed by atoms with van der Waals surface area (Å²) in [5.41, 5.74) is 2.28.